The molecule has 2 aromatic rings. The standard InChI is InChI=1S/C21H24N2O4/c24-17-12-6-11-16(22-17)18-14-9-2-1-3-10-15(14)23-19(13-7-4-5-8-13)20(18)27-21(25)26/h6,11-13H,1-5,7-10H2,(H,22,24)(H,25,26). The summed E-state index contributed by atoms with van der Waals surface area (Å²) in [6.45, 7) is 0. The maximum absolute atomic E-state index is 11.9. The molecule has 4 rings (SSSR count). The Kier molecular flexibility index (Phi) is 4.97. The first-order chi connectivity index (χ1) is 13.1. The Labute approximate surface area is 157 Å². The fraction of sp³-hybridized carbons (Fsp3) is 0.476. The highest BCUT2D eigenvalue weighted by Crippen LogP contribution is 2.45. The molecule has 1 fully saturated rings. The first-order valence-corrected chi connectivity index (χ1v) is 9.79. The summed E-state index contributed by atoms with van der Waals surface area (Å²) >= 11 is 0. The van der Waals surface area contributed by atoms with Gasteiger partial charge in [-0.3, -0.25) is 9.78 Å². The van der Waals surface area contributed by atoms with Crippen LogP contribution < -0.4 is 10.3 Å². The molecule has 0 spiro atoms. The largest absolute Gasteiger partial charge is 0.511 e. The van der Waals surface area contributed by atoms with E-state index in [0.717, 1.165) is 74.7 Å². The Morgan fingerprint density at radius 2 is 1.89 bits per heavy atom. The van der Waals surface area contributed by atoms with Crippen LogP contribution >= 0.6 is 0 Å². The second-order valence-corrected chi connectivity index (χ2v) is 7.47. The third-order valence-electron chi connectivity index (χ3n) is 5.67. The Hall–Kier alpha value is -2.63. The first kappa shape index (κ1) is 17.8. The minimum atomic E-state index is -1.34. The minimum Gasteiger partial charge on any atom is -0.449 e. The first-order valence-electron chi connectivity index (χ1n) is 9.79. The van der Waals surface area contributed by atoms with Crippen LogP contribution in [-0.2, 0) is 12.8 Å². The van der Waals surface area contributed by atoms with Crippen LogP contribution in [0, 0.1) is 0 Å². The molecule has 6 heteroatoms. The summed E-state index contributed by atoms with van der Waals surface area (Å²) < 4.78 is 5.32. The lowest BCUT2D eigenvalue weighted by atomic mass is 9.92. The molecule has 0 aliphatic heterocycles. The van der Waals surface area contributed by atoms with Crippen LogP contribution in [0.1, 0.15) is 67.8 Å². The lowest BCUT2D eigenvalue weighted by Crippen LogP contribution is -2.15. The molecule has 6 nitrogen and oxygen atoms in total. The molecule has 0 amide bonds. The highest BCUT2D eigenvalue weighted by atomic mass is 16.7. The van der Waals surface area contributed by atoms with Crippen LogP contribution in [0.15, 0.2) is 23.0 Å². The van der Waals surface area contributed by atoms with Crippen molar-refractivity contribution in [3.05, 3.63) is 45.5 Å². The van der Waals surface area contributed by atoms with Crippen molar-refractivity contribution >= 4 is 6.16 Å². The number of H-pyrrole nitrogens is 1. The van der Waals surface area contributed by atoms with Gasteiger partial charge in [0.25, 0.3) is 0 Å². The van der Waals surface area contributed by atoms with Crippen LogP contribution in [0.4, 0.5) is 4.79 Å². The van der Waals surface area contributed by atoms with E-state index >= 15 is 0 Å². The van der Waals surface area contributed by atoms with Gasteiger partial charge in [-0.1, -0.05) is 25.3 Å². The number of ether oxygens (including phenoxy) is 1. The lowest BCUT2D eigenvalue weighted by Gasteiger charge is -2.22. The molecule has 2 aliphatic carbocycles. The average molecular weight is 368 g/mol. The number of fused-ring (bicyclic) bond motifs is 1. The van der Waals surface area contributed by atoms with E-state index in [2.05, 4.69) is 4.98 Å². The highest BCUT2D eigenvalue weighted by Gasteiger charge is 2.30. The van der Waals surface area contributed by atoms with Gasteiger partial charge in [0.15, 0.2) is 5.75 Å². The van der Waals surface area contributed by atoms with Gasteiger partial charge in [0, 0.05) is 23.2 Å². The number of rotatable bonds is 3. The van der Waals surface area contributed by atoms with Crippen LogP contribution in [0.25, 0.3) is 11.3 Å². The average Bonchev–Trinajstić information content (AvgIpc) is 3.06. The zero-order valence-electron chi connectivity index (χ0n) is 15.3. The van der Waals surface area contributed by atoms with E-state index in [0.29, 0.717) is 17.0 Å². The zero-order valence-corrected chi connectivity index (χ0v) is 15.3. The summed E-state index contributed by atoms with van der Waals surface area (Å²) in [6, 6.07) is 4.96. The summed E-state index contributed by atoms with van der Waals surface area (Å²) in [4.78, 5) is 31.3. The number of aromatic nitrogens is 2. The van der Waals surface area contributed by atoms with Crippen molar-refractivity contribution in [2.75, 3.05) is 0 Å². The Balaban J connectivity index is 2.00. The molecule has 0 aromatic carbocycles. The van der Waals surface area contributed by atoms with Gasteiger partial charge in [-0.25, -0.2) is 4.79 Å². The summed E-state index contributed by atoms with van der Waals surface area (Å²) in [5, 5.41) is 9.40. The second-order valence-electron chi connectivity index (χ2n) is 7.47. The van der Waals surface area contributed by atoms with Gasteiger partial charge in [-0.15, -0.1) is 0 Å². The molecule has 1 saturated carbocycles. The fourth-order valence-corrected chi connectivity index (χ4v) is 4.47. The van der Waals surface area contributed by atoms with E-state index in [-0.39, 0.29) is 11.5 Å². The lowest BCUT2D eigenvalue weighted by molar-refractivity contribution is 0.143. The molecular weight excluding hydrogens is 344 g/mol. The van der Waals surface area contributed by atoms with Gasteiger partial charge in [0.05, 0.1) is 11.4 Å². The number of carboxylic acid groups (broad SMARTS) is 1. The van der Waals surface area contributed by atoms with E-state index in [1.165, 1.54) is 6.07 Å². The van der Waals surface area contributed by atoms with Crippen LogP contribution in [0.2, 0.25) is 0 Å². The molecule has 0 atom stereocenters. The van der Waals surface area contributed by atoms with E-state index in [9.17, 15) is 14.7 Å². The SMILES string of the molecule is O=C(O)Oc1c(C2CCCC2)nc2c(c1-c1cccc(=O)[nH]1)CCCCC2. The van der Waals surface area contributed by atoms with Crippen molar-refractivity contribution in [1.29, 1.82) is 0 Å². The molecule has 142 valence electrons. The number of pyridine rings is 2. The van der Waals surface area contributed by atoms with Crippen molar-refractivity contribution in [1.82, 2.24) is 9.97 Å². The molecule has 0 unspecified atom stereocenters. The second kappa shape index (κ2) is 7.55. The van der Waals surface area contributed by atoms with Crippen molar-refractivity contribution < 1.29 is 14.6 Å². The summed E-state index contributed by atoms with van der Waals surface area (Å²) in [7, 11) is 0. The third kappa shape index (κ3) is 3.61. The molecule has 0 saturated heterocycles. The molecule has 2 N–H and O–H groups in total. The van der Waals surface area contributed by atoms with Gasteiger partial charge < -0.3 is 14.8 Å². The van der Waals surface area contributed by atoms with E-state index in [1.54, 1.807) is 6.07 Å². The van der Waals surface area contributed by atoms with E-state index in [1.807, 2.05) is 6.07 Å². The number of carbonyl (C=O) groups is 1. The van der Waals surface area contributed by atoms with Gasteiger partial charge >= 0.3 is 6.16 Å². The zero-order chi connectivity index (χ0) is 18.8. The molecule has 2 aliphatic rings. The van der Waals surface area contributed by atoms with Gasteiger partial charge in [-0.2, -0.15) is 0 Å². The molecule has 2 heterocycles. The van der Waals surface area contributed by atoms with E-state index in [4.69, 9.17) is 9.72 Å². The molecule has 0 radical (unpaired) electrons. The quantitative estimate of drug-likeness (QED) is 0.618. The van der Waals surface area contributed by atoms with Crippen molar-refractivity contribution in [3.8, 4) is 17.0 Å². The molecule has 0 bridgehead atoms. The molecular formula is C21H24N2O4. The topological polar surface area (TPSA) is 92.3 Å². The summed E-state index contributed by atoms with van der Waals surface area (Å²) in [5.74, 6) is 0.527. The number of nitrogens with zero attached hydrogens (tertiary/aromatic N) is 1. The Morgan fingerprint density at radius 1 is 1.11 bits per heavy atom. The number of aryl methyl sites for hydroxylation is 1. The highest BCUT2D eigenvalue weighted by molar-refractivity contribution is 5.77. The molecule has 2 aromatic heterocycles. The van der Waals surface area contributed by atoms with Crippen molar-refractivity contribution in [2.45, 2.75) is 63.7 Å². The smallest absolute Gasteiger partial charge is 0.449 e. The predicted octanol–water partition coefficient (Wildman–Crippen LogP) is 4.42. The van der Waals surface area contributed by atoms with Crippen LogP contribution in [0.3, 0.4) is 0 Å². The van der Waals surface area contributed by atoms with Crippen molar-refractivity contribution in [3.63, 3.8) is 0 Å². The summed E-state index contributed by atoms with van der Waals surface area (Å²) in [5.41, 5.74) is 3.91. The van der Waals surface area contributed by atoms with Crippen LogP contribution in [0.5, 0.6) is 5.75 Å². The van der Waals surface area contributed by atoms with Gasteiger partial charge in [0.2, 0.25) is 5.56 Å². The Bertz CT molecular complexity index is 913. The number of nitrogens with one attached hydrogen (secondary N) is 1. The number of hydrogen-bond donors (Lipinski definition) is 2. The van der Waals surface area contributed by atoms with Gasteiger partial charge in [0.1, 0.15) is 0 Å². The normalized spacial score (nSPS) is 17.3. The maximum atomic E-state index is 11.9. The minimum absolute atomic E-state index is 0.210. The number of hydrogen-bond acceptors (Lipinski definition) is 4. The number of aromatic amines is 1. The molecule has 27 heavy (non-hydrogen) atoms. The fourth-order valence-electron chi connectivity index (χ4n) is 4.47. The van der Waals surface area contributed by atoms with Gasteiger partial charge in [-0.05, 0) is 50.2 Å². The van der Waals surface area contributed by atoms with Crippen LogP contribution in [-0.4, -0.2) is 21.2 Å². The predicted molar refractivity (Wildman–Crippen MR) is 101 cm³/mol. The maximum Gasteiger partial charge on any atom is 0.511 e. The summed E-state index contributed by atoms with van der Waals surface area (Å²) in [6.07, 6.45) is 7.79. The Morgan fingerprint density at radius 3 is 2.63 bits per heavy atom. The third-order valence-corrected chi connectivity index (χ3v) is 5.67. The monoisotopic (exact) mass is 368 g/mol. The van der Waals surface area contributed by atoms with E-state index < -0.39 is 6.16 Å². The van der Waals surface area contributed by atoms with Crippen molar-refractivity contribution in [2.24, 2.45) is 0 Å².